The first-order chi connectivity index (χ1) is 11.5. The van der Waals surface area contributed by atoms with Crippen LogP contribution in [0.1, 0.15) is 24.4 Å². The van der Waals surface area contributed by atoms with E-state index in [-0.39, 0.29) is 6.04 Å². The van der Waals surface area contributed by atoms with E-state index in [1.54, 1.807) is 18.2 Å². The summed E-state index contributed by atoms with van der Waals surface area (Å²) in [6.45, 7) is 2.47. The minimum atomic E-state index is 0.0608. The quantitative estimate of drug-likeness (QED) is 0.628. The minimum Gasteiger partial charge on any atom is -0.338 e. The van der Waals surface area contributed by atoms with Gasteiger partial charge in [-0.05, 0) is 48.9 Å². The smallest absolute Gasteiger partial charge is 0.240 e. The second-order valence-electron chi connectivity index (χ2n) is 5.29. The van der Waals surface area contributed by atoms with E-state index in [4.69, 9.17) is 39.3 Å². The van der Waals surface area contributed by atoms with Gasteiger partial charge in [-0.1, -0.05) is 46.0 Å². The Morgan fingerprint density at radius 3 is 2.50 bits per heavy atom. The topological polar surface area (TPSA) is 51.0 Å². The number of halogens is 3. The largest absolute Gasteiger partial charge is 0.338 e. The maximum atomic E-state index is 6.05. The third kappa shape index (κ3) is 4.08. The van der Waals surface area contributed by atoms with Gasteiger partial charge < -0.3 is 9.84 Å². The maximum absolute atomic E-state index is 6.05. The number of hydrogen-bond donors (Lipinski definition) is 1. The summed E-state index contributed by atoms with van der Waals surface area (Å²) < 4.78 is 5.27. The van der Waals surface area contributed by atoms with Crippen LogP contribution in [0.25, 0.3) is 11.4 Å². The number of nitrogens with zero attached hydrogens (tertiary/aromatic N) is 2. The number of aromatic nitrogens is 2. The highest BCUT2D eigenvalue weighted by Gasteiger charge is 2.11. The van der Waals surface area contributed by atoms with Crippen LogP contribution >= 0.6 is 34.8 Å². The SMILES string of the molecule is C[C@H](NCc1nc(-c2ccc(Cl)cc2)no1)c1ccc(Cl)c(Cl)c1. The van der Waals surface area contributed by atoms with Gasteiger partial charge in [0.05, 0.1) is 16.6 Å². The zero-order valence-electron chi connectivity index (χ0n) is 12.8. The van der Waals surface area contributed by atoms with Crippen LogP contribution in [0.3, 0.4) is 0 Å². The van der Waals surface area contributed by atoms with E-state index in [0.717, 1.165) is 11.1 Å². The van der Waals surface area contributed by atoms with Gasteiger partial charge in [-0.25, -0.2) is 0 Å². The predicted molar refractivity (Wildman–Crippen MR) is 96.5 cm³/mol. The van der Waals surface area contributed by atoms with E-state index in [0.29, 0.717) is 33.3 Å². The second-order valence-corrected chi connectivity index (χ2v) is 6.55. The third-order valence-corrected chi connectivity index (χ3v) is 4.56. The summed E-state index contributed by atoms with van der Waals surface area (Å²) >= 11 is 17.9. The van der Waals surface area contributed by atoms with E-state index >= 15 is 0 Å². The van der Waals surface area contributed by atoms with Crippen molar-refractivity contribution < 1.29 is 4.52 Å². The van der Waals surface area contributed by atoms with Gasteiger partial charge in [0.25, 0.3) is 0 Å². The van der Waals surface area contributed by atoms with Crippen molar-refractivity contribution in [2.75, 3.05) is 0 Å². The van der Waals surface area contributed by atoms with E-state index in [9.17, 15) is 0 Å². The summed E-state index contributed by atoms with van der Waals surface area (Å²) in [6.07, 6.45) is 0. The van der Waals surface area contributed by atoms with Crippen molar-refractivity contribution in [3.63, 3.8) is 0 Å². The van der Waals surface area contributed by atoms with Gasteiger partial charge in [0.15, 0.2) is 0 Å². The average molecular weight is 383 g/mol. The third-order valence-electron chi connectivity index (χ3n) is 3.57. The summed E-state index contributed by atoms with van der Waals surface area (Å²) in [5.41, 5.74) is 1.88. The molecule has 1 aromatic heterocycles. The van der Waals surface area contributed by atoms with Crippen LogP contribution in [0.4, 0.5) is 0 Å². The van der Waals surface area contributed by atoms with Crippen LogP contribution in [-0.4, -0.2) is 10.1 Å². The van der Waals surface area contributed by atoms with Crippen LogP contribution in [0.2, 0.25) is 15.1 Å². The lowest BCUT2D eigenvalue weighted by Crippen LogP contribution is -2.18. The molecule has 3 aromatic rings. The van der Waals surface area contributed by atoms with Crippen molar-refractivity contribution in [3.8, 4) is 11.4 Å². The minimum absolute atomic E-state index is 0.0608. The predicted octanol–water partition coefficient (Wildman–Crippen LogP) is 5.55. The van der Waals surface area contributed by atoms with Crippen molar-refractivity contribution in [2.45, 2.75) is 19.5 Å². The van der Waals surface area contributed by atoms with Crippen LogP contribution in [0.15, 0.2) is 47.0 Å². The summed E-state index contributed by atoms with van der Waals surface area (Å²) in [4.78, 5) is 4.38. The van der Waals surface area contributed by atoms with Gasteiger partial charge in [0, 0.05) is 16.6 Å². The van der Waals surface area contributed by atoms with Gasteiger partial charge in [-0.3, -0.25) is 0 Å². The molecule has 0 radical (unpaired) electrons. The van der Waals surface area contributed by atoms with Gasteiger partial charge >= 0.3 is 0 Å². The van der Waals surface area contributed by atoms with Gasteiger partial charge in [0.1, 0.15) is 0 Å². The van der Waals surface area contributed by atoms with Crippen molar-refractivity contribution in [2.24, 2.45) is 0 Å². The lowest BCUT2D eigenvalue weighted by Gasteiger charge is -2.13. The molecule has 24 heavy (non-hydrogen) atoms. The molecule has 0 aliphatic rings. The Labute approximate surface area is 154 Å². The van der Waals surface area contributed by atoms with Gasteiger partial charge in [-0.15, -0.1) is 0 Å². The molecule has 2 aromatic carbocycles. The molecular formula is C17H14Cl3N3O. The molecule has 7 heteroatoms. The van der Waals surface area contributed by atoms with Crippen LogP contribution in [-0.2, 0) is 6.54 Å². The normalized spacial score (nSPS) is 12.3. The molecule has 0 unspecified atom stereocenters. The Kier molecular flexibility index (Phi) is 5.41. The van der Waals surface area contributed by atoms with Crippen molar-refractivity contribution in [1.29, 1.82) is 0 Å². The Bertz CT molecular complexity index is 833. The monoisotopic (exact) mass is 381 g/mol. The van der Waals surface area contributed by atoms with Gasteiger partial charge in [-0.2, -0.15) is 4.98 Å². The Balaban J connectivity index is 1.64. The molecule has 124 valence electrons. The molecule has 0 saturated carbocycles. The van der Waals surface area contributed by atoms with Crippen molar-refractivity contribution in [3.05, 3.63) is 69.0 Å². The van der Waals surface area contributed by atoms with Crippen LogP contribution in [0.5, 0.6) is 0 Å². The van der Waals surface area contributed by atoms with E-state index in [2.05, 4.69) is 15.5 Å². The number of nitrogens with one attached hydrogen (secondary N) is 1. The fourth-order valence-corrected chi connectivity index (χ4v) is 2.62. The number of hydrogen-bond acceptors (Lipinski definition) is 4. The molecular weight excluding hydrogens is 369 g/mol. The van der Waals surface area contributed by atoms with Crippen molar-refractivity contribution >= 4 is 34.8 Å². The molecule has 0 spiro atoms. The van der Waals surface area contributed by atoms with Crippen LogP contribution < -0.4 is 5.32 Å². The molecule has 0 amide bonds. The summed E-state index contributed by atoms with van der Waals surface area (Å²) in [5.74, 6) is 1.04. The van der Waals surface area contributed by atoms with Gasteiger partial charge in [0.2, 0.25) is 11.7 Å². The molecule has 1 N–H and O–H groups in total. The summed E-state index contributed by atoms with van der Waals surface area (Å²) in [5, 5.41) is 9.04. The standard InChI is InChI=1S/C17H14Cl3N3O/c1-10(12-4-7-14(19)15(20)8-12)21-9-16-22-17(23-24-16)11-2-5-13(18)6-3-11/h2-8,10,21H,9H2,1H3/t10-/m0/s1. The molecule has 0 aliphatic heterocycles. The maximum Gasteiger partial charge on any atom is 0.240 e. The van der Waals surface area contributed by atoms with E-state index in [1.165, 1.54) is 0 Å². The molecule has 1 heterocycles. The van der Waals surface area contributed by atoms with Crippen molar-refractivity contribution in [1.82, 2.24) is 15.5 Å². The second kappa shape index (κ2) is 7.53. The highest BCUT2D eigenvalue weighted by molar-refractivity contribution is 6.42. The molecule has 0 saturated heterocycles. The van der Waals surface area contributed by atoms with Crippen LogP contribution in [0, 0.1) is 0 Å². The summed E-state index contributed by atoms with van der Waals surface area (Å²) in [7, 11) is 0. The van der Waals surface area contributed by atoms with E-state index in [1.807, 2.05) is 31.2 Å². The summed E-state index contributed by atoms with van der Waals surface area (Å²) in [6, 6.07) is 12.9. The zero-order chi connectivity index (χ0) is 17.1. The lowest BCUT2D eigenvalue weighted by atomic mass is 10.1. The molecule has 1 atom stereocenters. The molecule has 0 aliphatic carbocycles. The molecule has 3 rings (SSSR count). The first-order valence-electron chi connectivity index (χ1n) is 7.30. The molecule has 0 bridgehead atoms. The Hall–Kier alpha value is -1.59. The lowest BCUT2D eigenvalue weighted by molar-refractivity contribution is 0.360. The highest BCUT2D eigenvalue weighted by atomic mass is 35.5. The highest BCUT2D eigenvalue weighted by Crippen LogP contribution is 2.25. The molecule has 0 fully saturated rings. The first kappa shape index (κ1) is 17.2. The number of benzene rings is 2. The number of rotatable bonds is 5. The first-order valence-corrected chi connectivity index (χ1v) is 8.43. The Morgan fingerprint density at radius 1 is 1.04 bits per heavy atom. The molecule has 4 nitrogen and oxygen atoms in total. The average Bonchev–Trinajstić information content (AvgIpc) is 3.05. The van der Waals surface area contributed by atoms with E-state index < -0.39 is 0 Å². The Morgan fingerprint density at radius 2 is 1.79 bits per heavy atom. The fourth-order valence-electron chi connectivity index (χ4n) is 2.18. The zero-order valence-corrected chi connectivity index (χ0v) is 15.0. The fraction of sp³-hybridized carbons (Fsp3) is 0.176.